The molecule has 1 fully saturated rings. The van der Waals surface area contributed by atoms with E-state index >= 15 is 0 Å². The minimum Gasteiger partial charge on any atom is -0.310 e. The van der Waals surface area contributed by atoms with Crippen molar-refractivity contribution in [1.82, 2.24) is 5.32 Å². The Bertz CT molecular complexity index is 339. The van der Waals surface area contributed by atoms with Gasteiger partial charge >= 0.3 is 0 Å². The van der Waals surface area contributed by atoms with Crippen molar-refractivity contribution in [3.63, 3.8) is 0 Å². The second-order valence-corrected chi connectivity index (χ2v) is 5.35. The van der Waals surface area contributed by atoms with Crippen molar-refractivity contribution in [3.05, 3.63) is 35.4 Å². The van der Waals surface area contributed by atoms with Crippen LogP contribution in [0.3, 0.4) is 0 Å². The molecule has 94 valence electrons. The Labute approximate surface area is 106 Å². The molecule has 0 saturated heterocycles. The molecule has 1 nitrogen and oxygen atoms in total. The summed E-state index contributed by atoms with van der Waals surface area (Å²) in [5.41, 5.74) is 2.86. The van der Waals surface area contributed by atoms with Gasteiger partial charge in [0.1, 0.15) is 0 Å². The molecule has 0 heterocycles. The third kappa shape index (κ3) is 3.32. The van der Waals surface area contributed by atoms with Gasteiger partial charge in [-0.3, -0.25) is 0 Å². The van der Waals surface area contributed by atoms with Crippen molar-refractivity contribution in [1.29, 1.82) is 0 Å². The van der Waals surface area contributed by atoms with Gasteiger partial charge in [-0.05, 0) is 37.8 Å². The summed E-state index contributed by atoms with van der Waals surface area (Å²) in [6, 6.07) is 9.59. The van der Waals surface area contributed by atoms with Crippen molar-refractivity contribution in [2.24, 2.45) is 5.92 Å². The predicted octanol–water partition coefficient (Wildman–Crippen LogP) is 4.23. The Balaban J connectivity index is 2.15. The van der Waals surface area contributed by atoms with E-state index in [0.29, 0.717) is 6.04 Å². The average Bonchev–Trinajstić information content (AvgIpc) is 2.37. The van der Waals surface area contributed by atoms with Crippen LogP contribution < -0.4 is 5.32 Å². The minimum absolute atomic E-state index is 0.570. The quantitative estimate of drug-likeness (QED) is 0.818. The van der Waals surface area contributed by atoms with Crippen LogP contribution in [0.25, 0.3) is 0 Å². The molecule has 1 aliphatic rings. The molecule has 1 N–H and O–H groups in total. The highest BCUT2D eigenvalue weighted by atomic mass is 14.9. The fourth-order valence-electron chi connectivity index (χ4n) is 3.11. The number of benzene rings is 1. The van der Waals surface area contributed by atoms with Crippen LogP contribution in [0.5, 0.6) is 0 Å². The molecule has 0 bridgehead atoms. The van der Waals surface area contributed by atoms with Crippen LogP contribution in [0.2, 0.25) is 0 Å². The number of hydrogen-bond acceptors (Lipinski definition) is 1. The summed E-state index contributed by atoms with van der Waals surface area (Å²) in [5.74, 6) is 0.838. The molecular formula is C16H25N. The minimum atomic E-state index is 0.570. The molecule has 2 rings (SSSR count). The van der Waals surface area contributed by atoms with Crippen LogP contribution in [0.1, 0.15) is 56.2 Å². The van der Waals surface area contributed by atoms with Crippen LogP contribution in [0.15, 0.2) is 24.3 Å². The molecule has 1 aromatic carbocycles. The highest BCUT2D eigenvalue weighted by Crippen LogP contribution is 2.34. The first-order valence-electron chi connectivity index (χ1n) is 7.11. The van der Waals surface area contributed by atoms with Crippen LogP contribution in [-0.4, -0.2) is 6.54 Å². The van der Waals surface area contributed by atoms with Crippen LogP contribution in [-0.2, 0) is 0 Å². The molecule has 1 aliphatic carbocycles. The van der Waals surface area contributed by atoms with E-state index in [1.54, 1.807) is 0 Å². The zero-order valence-electron chi connectivity index (χ0n) is 11.2. The maximum absolute atomic E-state index is 3.70. The molecule has 1 aromatic rings. The molecule has 0 aromatic heterocycles. The lowest BCUT2D eigenvalue weighted by Gasteiger charge is -2.31. The molecule has 1 atom stereocenters. The van der Waals surface area contributed by atoms with E-state index in [0.717, 1.165) is 12.5 Å². The van der Waals surface area contributed by atoms with E-state index in [2.05, 4.69) is 43.4 Å². The maximum atomic E-state index is 3.70. The topological polar surface area (TPSA) is 12.0 Å². The molecular weight excluding hydrogens is 206 g/mol. The zero-order valence-corrected chi connectivity index (χ0v) is 11.2. The summed E-state index contributed by atoms with van der Waals surface area (Å²) in [6.45, 7) is 5.47. The summed E-state index contributed by atoms with van der Waals surface area (Å²) in [6.07, 6.45) is 7.05. The fourth-order valence-corrected chi connectivity index (χ4v) is 3.11. The Kier molecular flexibility index (Phi) is 4.61. The highest BCUT2D eigenvalue weighted by molar-refractivity contribution is 5.25. The van der Waals surface area contributed by atoms with Gasteiger partial charge in [-0.15, -0.1) is 0 Å². The van der Waals surface area contributed by atoms with Crippen molar-refractivity contribution in [2.75, 3.05) is 6.54 Å². The van der Waals surface area contributed by atoms with Gasteiger partial charge in [0.15, 0.2) is 0 Å². The Morgan fingerprint density at radius 3 is 2.65 bits per heavy atom. The summed E-state index contributed by atoms with van der Waals surface area (Å²) in [5, 5.41) is 3.70. The Morgan fingerprint density at radius 2 is 2.00 bits per heavy atom. The van der Waals surface area contributed by atoms with Gasteiger partial charge in [0.2, 0.25) is 0 Å². The largest absolute Gasteiger partial charge is 0.310 e. The molecule has 0 aliphatic heterocycles. The van der Waals surface area contributed by atoms with Gasteiger partial charge in [0.25, 0.3) is 0 Å². The number of nitrogens with one attached hydrogen (secondary N) is 1. The second-order valence-electron chi connectivity index (χ2n) is 5.35. The van der Waals surface area contributed by atoms with E-state index in [4.69, 9.17) is 0 Å². The predicted molar refractivity (Wildman–Crippen MR) is 74.2 cm³/mol. The third-order valence-corrected chi connectivity index (χ3v) is 3.95. The Hall–Kier alpha value is -0.820. The molecule has 17 heavy (non-hydrogen) atoms. The summed E-state index contributed by atoms with van der Waals surface area (Å²) >= 11 is 0. The van der Waals surface area contributed by atoms with Gasteiger partial charge in [0.05, 0.1) is 0 Å². The lowest BCUT2D eigenvalue weighted by molar-refractivity contribution is 0.274. The Morgan fingerprint density at radius 1 is 1.24 bits per heavy atom. The standard InChI is InChI=1S/C16H25N/c1-3-17-16(14-9-5-4-6-10-14)15-11-7-8-13(2)12-15/h7-8,11-12,14,16-17H,3-6,9-10H2,1-2H3. The molecule has 0 radical (unpaired) electrons. The van der Waals surface area contributed by atoms with Crippen molar-refractivity contribution < 1.29 is 0 Å². The van der Waals surface area contributed by atoms with E-state index in [9.17, 15) is 0 Å². The first-order valence-corrected chi connectivity index (χ1v) is 7.11. The molecule has 0 amide bonds. The maximum Gasteiger partial charge on any atom is 0.0348 e. The van der Waals surface area contributed by atoms with Crippen LogP contribution >= 0.6 is 0 Å². The molecule has 0 spiro atoms. The second kappa shape index (κ2) is 6.20. The summed E-state index contributed by atoms with van der Waals surface area (Å²) < 4.78 is 0. The lowest BCUT2D eigenvalue weighted by Crippen LogP contribution is -2.29. The smallest absolute Gasteiger partial charge is 0.0348 e. The lowest BCUT2D eigenvalue weighted by atomic mass is 9.81. The number of rotatable bonds is 4. The monoisotopic (exact) mass is 231 g/mol. The summed E-state index contributed by atoms with van der Waals surface area (Å²) in [7, 11) is 0. The SMILES string of the molecule is CCNC(c1cccc(C)c1)C1CCCCC1. The van der Waals surface area contributed by atoms with Gasteiger partial charge in [-0.1, -0.05) is 56.0 Å². The van der Waals surface area contributed by atoms with Gasteiger partial charge < -0.3 is 5.32 Å². The average molecular weight is 231 g/mol. The van der Waals surface area contributed by atoms with Crippen LogP contribution in [0.4, 0.5) is 0 Å². The van der Waals surface area contributed by atoms with Crippen molar-refractivity contribution in [3.8, 4) is 0 Å². The molecule has 1 saturated carbocycles. The van der Waals surface area contributed by atoms with Gasteiger partial charge in [0, 0.05) is 6.04 Å². The zero-order chi connectivity index (χ0) is 12.1. The fraction of sp³-hybridized carbons (Fsp3) is 0.625. The first-order chi connectivity index (χ1) is 8.31. The third-order valence-electron chi connectivity index (χ3n) is 3.95. The number of aryl methyl sites for hydroxylation is 1. The van der Waals surface area contributed by atoms with E-state index in [1.807, 2.05) is 0 Å². The van der Waals surface area contributed by atoms with Gasteiger partial charge in [-0.2, -0.15) is 0 Å². The summed E-state index contributed by atoms with van der Waals surface area (Å²) in [4.78, 5) is 0. The van der Waals surface area contributed by atoms with E-state index in [1.165, 1.54) is 43.2 Å². The molecule has 1 unspecified atom stereocenters. The number of hydrogen-bond donors (Lipinski definition) is 1. The highest BCUT2D eigenvalue weighted by Gasteiger charge is 2.24. The molecule has 1 heteroatoms. The first kappa shape index (κ1) is 12.6. The van der Waals surface area contributed by atoms with Gasteiger partial charge in [-0.25, -0.2) is 0 Å². The van der Waals surface area contributed by atoms with Crippen LogP contribution in [0, 0.1) is 12.8 Å². The normalized spacial score (nSPS) is 19.2. The van der Waals surface area contributed by atoms with E-state index in [-0.39, 0.29) is 0 Å². The van der Waals surface area contributed by atoms with Crippen molar-refractivity contribution >= 4 is 0 Å². The van der Waals surface area contributed by atoms with E-state index < -0.39 is 0 Å². The van der Waals surface area contributed by atoms with Crippen molar-refractivity contribution in [2.45, 2.75) is 52.0 Å².